The van der Waals surface area contributed by atoms with Crippen molar-refractivity contribution in [1.29, 1.82) is 0 Å². The largest absolute Gasteiger partial charge is 0.132 e. The standard InChI is InChI=1S/C8H8Cl2S/c1-11-7-4-2-6(3-5-7)8(9)10/h2-5,8H,1H3. The summed E-state index contributed by atoms with van der Waals surface area (Å²) < 4.78 is 0. The van der Waals surface area contributed by atoms with Crippen LogP contribution in [0.4, 0.5) is 0 Å². The monoisotopic (exact) mass is 206 g/mol. The van der Waals surface area contributed by atoms with Crippen molar-refractivity contribution in [2.75, 3.05) is 6.26 Å². The molecule has 60 valence electrons. The van der Waals surface area contributed by atoms with E-state index in [0.29, 0.717) is 0 Å². The van der Waals surface area contributed by atoms with Crippen LogP contribution in [0.5, 0.6) is 0 Å². The van der Waals surface area contributed by atoms with Crippen molar-refractivity contribution in [2.45, 2.75) is 9.73 Å². The SMILES string of the molecule is CSc1ccc(C(Cl)Cl)cc1. The molecule has 0 saturated heterocycles. The van der Waals surface area contributed by atoms with E-state index < -0.39 is 4.84 Å². The van der Waals surface area contributed by atoms with Gasteiger partial charge in [-0.25, -0.2) is 0 Å². The van der Waals surface area contributed by atoms with Crippen LogP contribution in [0.3, 0.4) is 0 Å². The van der Waals surface area contributed by atoms with Gasteiger partial charge in [0.1, 0.15) is 4.84 Å². The molecule has 1 aromatic rings. The van der Waals surface area contributed by atoms with Crippen LogP contribution in [0.15, 0.2) is 29.2 Å². The number of hydrogen-bond donors (Lipinski definition) is 0. The van der Waals surface area contributed by atoms with Gasteiger partial charge in [0.15, 0.2) is 0 Å². The highest BCUT2D eigenvalue weighted by molar-refractivity contribution is 7.98. The van der Waals surface area contributed by atoms with Crippen LogP contribution in [0, 0.1) is 0 Å². The Morgan fingerprint density at radius 1 is 1.18 bits per heavy atom. The third kappa shape index (κ3) is 2.58. The van der Waals surface area contributed by atoms with Crippen molar-refractivity contribution in [3.63, 3.8) is 0 Å². The summed E-state index contributed by atoms with van der Waals surface area (Å²) in [6.07, 6.45) is 2.04. The first kappa shape index (κ1) is 9.24. The molecule has 0 aromatic heterocycles. The molecule has 0 aliphatic heterocycles. The molecule has 0 heterocycles. The molecule has 0 atom stereocenters. The molecule has 0 nitrogen and oxygen atoms in total. The molecule has 0 aliphatic rings. The Bertz CT molecular complexity index is 218. The number of alkyl halides is 2. The van der Waals surface area contributed by atoms with Crippen molar-refractivity contribution in [3.05, 3.63) is 29.8 Å². The average molecular weight is 207 g/mol. The third-order valence-corrected chi connectivity index (χ3v) is 2.62. The van der Waals surface area contributed by atoms with Crippen LogP contribution in [0.2, 0.25) is 0 Å². The maximum absolute atomic E-state index is 5.66. The zero-order valence-corrected chi connectivity index (χ0v) is 8.38. The Labute approximate surface area is 80.9 Å². The molecule has 1 rings (SSSR count). The summed E-state index contributed by atoms with van der Waals surface area (Å²) in [4.78, 5) is 0.814. The minimum atomic E-state index is -0.411. The maximum atomic E-state index is 5.66. The van der Waals surface area contributed by atoms with Crippen molar-refractivity contribution in [1.82, 2.24) is 0 Å². The predicted molar refractivity (Wildman–Crippen MR) is 52.7 cm³/mol. The van der Waals surface area contributed by atoms with Gasteiger partial charge in [0.25, 0.3) is 0 Å². The van der Waals surface area contributed by atoms with Gasteiger partial charge in [-0.3, -0.25) is 0 Å². The van der Waals surface area contributed by atoms with Crippen molar-refractivity contribution < 1.29 is 0 Å². The van der Waals surface area contributed by atoms with Gasteiger partial charge >= 0.3 is 0 Å². The zero-order valence-electron chi connectivity index (χ0n) is 6.05. The smallest absolute Gasteiger partial charge is 0.130 e. The summed E-state index contributed by atoms with van der Waals surface area (Å²) >= 11 is 13.0. The lowest BCUT2D eigenvalue weighted by atomic mass is 10.2. The van der Waals surface area contributed by atoms with Crippen molar-refractivity contribution in [2.24, 2.45) is 0 Å². The van der Waals surface area contributed by atoms with E-state index in [0.717, 1.165) is 5.56 Å². The average Bonchev–Trinajstić information content (AvgIpc) is 2.05. The van der Waals surface area contributed by atoms with Gasteiger partial charge in [0, 0.05) is 4.90 Å². The fraction of sp³-hybridized carbons (Fsp3) is 0.250. The highest BCUT2D eigenvalue weighted by Crippen LogP contribution is 2.26. The van der Waals surface area contributed by atoms with Crippen LogP contribution in [-0.4, -0.2) is 6.26 Å². The van der Waals surface area contributed by atoms with Crippen LogP contribution in [-0.2, 0) is 0 Å². The summed E-state index contributed by atoms with van der Waals surface area (Å²) in [6.45, 7) is 0. The molecule has 0 bridgehead atoms. The second-order valence-corrected chi connectivity index (χ2v) is 4.05. The zero-order chi connectivity index (χ0) is 8.27. The molecular weight excluding hydrogens is 199 g/mol. The normalized spacial score (nSPS) is 10.5. The Balaban J connectivity index is 2.83. The van der Waals surface area contributed by atoms with E-state index >= 15 is 0 Å². The van der Waals surface area contributed by atoms with Gasteiger partial charge in [-0.15, -0.1) is 35.0 Å². The number of benzene rings is 1. The van der Waals surface area contributed by atoms with Gasteiger partial charge in [0.2, 0.25) is 0 Å². The predicted octanol–water partition coefficient (Wildman–Crippen LogP) is 3.88. The third-order valence-electron chi connectivity index (χ3n) is 1.37. The van der Waals surface area contributed by atoms with E-state index in [1.807, 2.05) is 30.5 Å². The van der Waals surface area contributed by atoms with E-state index in [1.165, 1.54) is 4.90 Å². The lowest BCUT2D eigenvalue weighted by molar-refractivity contribution is 1.31. The van der Waals surface area contributed by atoms with E-state index in [1.54, 1.807) is 11.8 Å². The van der Waals surface area contributed by atoms with Gasteiger partial charge in [-0.1, -0.05) is 12.1 Å². The van der Waals surface area contributed by atoms with Crippen LogP contribution in [0.25, 0.3) is 0 Å². The number of rotatable bonds is 2. The molecule has 3 heteroatoms. The van der Waals surface area contributed by atoms with E-state index in [-0.39, 0.29) is 0 Å². The number of halogens is 2. The van der Waals surface area contributed by atoms with E-state index in [9.17, 15) is 0 Å². The minimum Gasteiger partial charge on any atom is -0.130 e. The molecule has 0 spiro atoms. The Hall–Kier alpha value is 0.150. The second-order valence-electron chi connectivity index (χ2n) is 2.07. The first-order valence-corrected chi connectivity index (χ1v) is 5.26. The summed E-state index contributed by atoms with van der Waals surface area (Å²) in [7, 11) is 0. The fourth-order valence-corrected chi connectivity index (χ4v) is 1.45. The highest BCUT2D eigenvalue weighted by atomic mass is 35.5. The fourth-order valence-electron chi connectivity index (χ4n) is 0.749. The Morgan fingerprint density at radius 2 is 1.73 bits per heavy atom. The van der Waals surface area contributed by atoms with Gasteiger partial charge in [-0.05, 0) is 24.0 Å². The van der Waals surface area contributed by atoms with Gasteiger partial charge in [-0.2, -0.15) is 0 Å². The van der Waals surface area contributed by atoms with Crippen molar-refractivity contribution >= 4 is 35.0 Å². The van der Waals surface area contributed by atoms with Crippen LogP contribution < -0.4 is 0 Å². The summed E-state index contributed by atoms with van der Waals surface area (Å²) in [5, 5.41) is 0. The molecule has 0 N–H and O–H groups in total. The van der Waals surface area contributed by atoms with Gasteiger partial charge < -0.3 is 0 Å². The maximum Gasteiger partial charge on any atom is 0.132 e. The first-order chi connectivity index (χ1) is 5.24. The molecule has 0 fully saturated rings. The molecule has 0 saturated carbocycles. The summed E-state index contributed by atoms with van der Waals surface area (Å²) in [6, 6.07) is 7.91. The Morgan fingerprint density at radius 3 is 2.09 bits per heavy atom. The molecule has 0 unspecified atom stereocenters. The molecule has 1 aromatic carbocycles. The summed E-state index contributed by atoms with van der Waals surface area (Å²) in [5.74, 6) is 0. The lowest BCUT2D eigenvalue weighted by Gasteiger charge is -2.01. The molecule has 11 heavy (non-hydrogen) atoms. The first-order valence-electron chi connectivity index (χ1n) is 3.16. The number of hydrogen-bond acceptors (Lipinski definition) is 1. The van der Waals surface area contributed by atoms with Gasteiger partial charge in [0.05, 0.1) is 0 Å². The molecule has 0 amide bonds. The molecule has 0 radical (unpaired) electrons. The highest BCUT2D eigenvalue weighted by Gasteiger charge is 2.01. The second kappa shape index (κ2) is 4.24. The lowest BCUT2D eigenvalue weighted by Crippen LogP contribution is -1.79. The number of thioether (sulfide) groups is 1. The topological polar surface area (TPSA) is 0 Å². The van der Waals surface area contributed by atoms with E-state index in [4.69, 9.17) is 23.2 Å². The molecular formula is C8H8Cl2S. The quantitative estimate of drug-likeness (QED) is 0.523. The van der Waals surface area contributed by atoms with Crippen LogP contribution >= 0.6 is 35.0 Å². The molecule has 0 aliphatic carbocycles. The Kier molecular flexibility index (Phi) is 3.57. The van der Waals surface area contributed by atoms with Crippen molar-refractivity contribution in [3.8, 4) is 0 Å². The van der Waals surface area contributed by atoms with Crippen LogP contribution in [0.1, 0.15) is 10.4 Å². The minimum absolute atomic E-state index is 0.411. The van der Waals surface area contributed by atoms with E-state index in [2.05, 4.69) is 0 Å². The summed E-state index contributed by atoms with van der Waals surface area (Å²) in [5.41, 5.74) is 0.950.